The lowest BCUT2D eigenvalue weighted by atomic mass is 10.1. The minimum Gasteiger partial charge on any atom is -0.488 e. The van der Waals surface area contributed by atoms with Gasteiger partial charge in [0.1, 0.15) is 11.9 Å². The summed E-state index contributed by atoms with van der Waals surface area (Å²) in [6.45, 7) is 5.41. The van der Waals surface area contributed by atoms with E-state index in [2.05, 4.69) is 0 Å². The van der Waals surface area contributed by atoms with E-state index in [1.807, 2.05) is 31.2 Å². The summed E-state index contributed by atoms with van der Waals surface area (Å²) in [6, 6.07) is 7.38. The maximum absolute atomic E-state index is 9.82. The molecule has 1 aromatic rings. The maximum atomic E-state index is 9.82. The Morgan fingerprint density at radius 1 is 1.19 bits per heavy atom. The lowest BCUT2D eigenvalue weighted by Gasteiger charge is -2.21. The molecule has 3 atom stereocenters. The first-order valence-corrected chi connectivity index (χ1v) is 5.68. The van der Waals surface area contributed by atoms with Gasteiger partial charge in [-0.1, -0.05) is 25.1 Å². The summed E-state index contributed by atoms with van der Waals surface area (Å²) in [5.41, 5.74) is 0.775. The molecule has 0 aliphatic rings. The van der Waals surface area contributed by atoms with Gasteiger partial charge in [-0.15, -0.1) is 0 Å². The third-order valence-electron chi connectivity index (χ3n) is 2.66. The van der Waals surface area contributed by atoms with Crippen LogP contribution in [0, 0.1) is 0 Å². The van der Waals surface area contributed by atoms with Crippen molar-refractivity contribution in [1.29, 1.82) is 0 Å². The molecule has 3 nitrogen and oxygen atoms in total. The molecule has 0 saturated carbocycles. The van der Waals surface area contributed by atoms with E-state index in [1.165, 1.54) is 0 Å². The number of ether oxygens (including phenoxy) is 1. The molecule has 3 heteroatoms. The fraction of sp³-hybridized carbons (Fsp3) is 0.538. The predicted molar refractivity (Wildman–Crippen MR) is 63.5 cm³/mol. The minimum absolute atomic E-state index is 0.287. The van der Waals surface area contributed by atoms with Gasteiger partial charge < -0.3 is 14.9 Å². The predicted octanol–water partition coefficient (Wildman–Crippen LogP) is 2.28. The van der Waals surface area contributed by atoms with Gasteiger partial charge >= 0.3 is 0 Å². The van der Waals surface area contributed by atoms with Crippen LogP contribution in [0.2, 0.25) is 0 Å². The van der Waals surface area contributed by atoms with Crippen molar-refractivity contribution in [3.05, 3.63) is 29.8 Å². The number of hydrogen-bond donors (Lipinski definition) is 2. The average molecular weight is 224 g/mol. The second-order valence-corrected chi connectivity index (χ2v) is 4.03. The quantitative estimate of drug-likeness (QED) is 0.806. The van der Waals surface area contributed by atoms with Crippen molar-refractivity contribution in [3.8, 4) is 5.75 Å². The fourth-order valence-electron chi connectivity index (χ4n) is 1.38. The molecular weight excluding hydrogens is 204 g/mol. The van der Waals surface area contributed by atoms with Gasteiger partial charge in [-0.05, 0) is 26.3 Å². The van der Waals surface area contributed by atoms with Crippen LogP contribution in [0.3, 0.4) is 0 Å². The number of rotatable bonds is 5. The number of aliphatic hydroxyl groups is 2. The van der Waals surface area contributed by atoms with Gasteiger partial charge in [0.05, 0.1) is 12.2 Å². The molecule has 0 aliphatic carbocycles. The third kappa shape index (κ3) is 3.22. The van der Waals surface area contributed by atoms with Crippen LogP contribution in [0.15, 0.2) is 24.3 Å². The first-order chi connectivity index (χ1) is 7.56. The Morgan fingerprint density at radius 3 is 2.38 bits per heavy atom. The van der Waals surface area contributed by atoms with E-state index in [9.17, 15) is 10.2 Å². The molecule has 3 unspecified atom stereocenters. The standard InChI is InChI=1S/C13H20O3/c1-4-12(15)11-7-5-6-8-13(11)16-10(3)9(2)14/h5-10,12,14-15H,4H2,1-3H3. The molecule has 1 rings (SSSR count). The highest BCUT2D eigenvalue weighted by Crippen LogP contribution is 2.27. The summed E-state index contributed by atoms with van der Waals surface area (Å²) < 4.78 is 5.62. The van der Waals surface area contributed by atoms with Crippen molar-refractivity contribution in [2.24, 2.45) is 0 Å². The lowest BCUT2D eigenvalue weighted by molar-refractivity contribution is 0.0572. The van der Waals surface area contributed by atoms with Crippen LogP contribution >= 0.6 is 0 Å². The molecule has 90 valence electrons. The Morgan fingerprint density at radius 2 is 1.81 bits per heavy atom. The summed E-state index contributed by atoms with van der Waals surface area (Å²) >= 11 is 0. The number of para-hydroxylation sites is 1. The normalized spacial score (nSPS) is 16.6. The topological polar surface area (TPSA) is 49.7 Å². The fourth-order valence-corrected chi connectivity index (χ4v) is 1.38. The van der Waals surface area contributed by atoms with Crippen molar-refractivity contribution in [2.45, 2.75) is 45.5 Å². The van der Waals surface area contributed by atoms with Crippen molar-refractivity contribution < 1.29 is 14.9 Å². The Hall–Kier alpha value is -1.06. The van der Waals surface area contributed by atoms with E-state index in [-0.39, 0.29) is 6.10 Å². The molecule has 0 spiro atoms. The number of aliphatic hydroxyl groups excluding tert-OH is 2. The lowest BCUT2D eigenvalue weighted by Crippen LogP contribution is -2.26. The molecule has 1 aromatic carbocycles. The molecule has 0 aliphatic heterocycles. The smallest absolute Gasteiger partial charge is 0.125 e. The highest BCUT2D eigenvalue weighted by molar-refractivity contribution is 5.35. The van der Waals surface area contributed by atoms with E-state index in [4.69, 9.17) is 4.74 Å². The van der Waals surface area contributed by atoms with Gasteiger partial charge in [0.15, 0.2) is 0 Å². The van der Waals surface area contributed by atoms with Gasteiger partial charge in [-0.2, -0.15) is 0 Å². The Balaban J connectivity index is 2.86. The van der Waals surface area contributed by atoms with Crippen molar-refractivity contribution in [3.63, 3.8) is 0 Å². The molecule has 0 saturated heterocycles. The van der Waals surface area contributed by atoms with E-state index in [0.717, 1.165) is 5.56 Å². The van der Waals surface area contributed by atoms with Crippen LogP contribution in [-0.4, -0.2) is 22.4 Å². The molecule has 16 heavy (non-hydrogen) atoms. The van der Waals surface area contributed by atoms with E-state index in [0.29, 0.717) is 12.2 Å². The largest absolute Gasteiger partial charge is 0.488 e. The molecular formula is C13H20O3. The van der Waals surface area contributed by atoms with Crippen LogP contribution < -0.4 is 4.74 Å². The molecule has 0 heterocycles. The zero-order valence-electron chi connectivity index (χ0n) is 10.1. The van der Waals surface area contributed by atoms with Crippen LogP contribution in [0.25, 0.3) is 0 Å². The van der Waals surface area contributed by atoms with Gasteiger partial charge in [-0.3, -0.25) is 0 Å². The minimum atomic E-state index is -0.535. The summed E-state index contributed by atoms with van der Waals surface area (Å²) in [5.74, 6) is 0.644. The van der Waals surface area contributed by atoms with Crippen LogP contribution in [-0.2, 0) is 0 Å². The molecule has 0 aromatic heterocycles. The van der Waals surface area contributed by atoms with Crippen LogP contribution in [0.4, 0.5) is 0 Å². The van der Waals surface area contributed by atoms with Gasteiger partial charge in [0, 0.05) is 5.56 Å². The van der Waals surface area contributed by atoms with Crippen molar-refractivity contribution in [1.82, 2.24) is 0 Å². The van der Waals surface area contributed by atoms with E-state index in [1.54, 1.807) is 13.8 Å². The van der Waals surface area contributed by atoms with Crippen LogP contribution in [0.1, 0.15) is 38.9 Å². The number of benzene rings is 1. The molecule has 0 radical (unpaired) electrons. The molecule has 0 bridgehead atoms. The average Bonchev–Trinajstić information content (AvgIpc) is 2.28. The summed E-state index contributed by atoms with van der Waals surface area (Å²) in [7, 11) is 0. The van der Waals surface area contributed by atoms with Crippen molar-refractivity contribution in [2.75, 3.05) is 0 Å². The zero-order chi connectivity index (χ0) is 12.1. The summed E-state index contributed by atoms with van der Waals surface area (Å²) in [6.07, 6.45) is -0.696. The number of hydrogen-bond acceptors (Lipinski definition) is 3. The highest BCUT2D eigenvalue weighted by Gasteiger charge is 2.15. The van der Waals surface area contributed by atoms with Crippen molar-refractivity contribution >= 4 is 0 Å². The van der Waals surface area contributed by atoms with Gasteiger partial charge in [-0.25, -0.2) is 0 Å². The third-order valence-corrected chi connectivity index (χ3v) is 2.66. The van der Waals surface area contributed by atoms with Gasteiger partial charge in [0.25, 0.3) is 0 Å². The highest BCUT2D eigenvalue weighted by atomic mass is 16.5. The Labute approximate surface area is 96.7 Å². The summed E-state index contributed by atoms with van der Waals surface area (Å²) in [4.78, 5) is 0. The Bertz CT molecular complexity index is 323. The second kappa shape index (κ2) is 5.87. The molecule has 2 N–H and O–H groups in total. The van der Waals surface area contributed by atoms with Gasteiger partial charge in [0.2, 0.25) is 0 Å². The van der Waals surface area contributed by atoms with Crippen LogP contribution in [0.5, 0.6) is 5.75 Å². The first-order valence-electron chi connectivity index (χ1n) is 5.68. The van der Waals surface area contributed by atoms with E-state index < -0.39 is 12.2 Å². The molecule has 0 fully saturated rings. The monoisotopic (exact) mass is 224 g/mol. The first kappa shape index (κ1) is 13.0. The van der Waals surface area contributed by atoms with E-state index >= 15 is 0 Å². The Kier molecular flexibility index (Phi) is 4.77. The SMILES string of the molecule is CCC(O)c1ccccc1OC(C)C(C)O. The maximum Gasteiger partial charge on any atom is 0.125 e. The summed E-state index contributed by atoms with van der Waals surface area (Å²) in [5, 5.41) is 19.2. The second-order valence-electron chi connectivity index (χ2n) is 4.03. The zero-order valence-corrected chi connectivity index (χ0v) is 10.1. The molecule has 0 amide bonds.